The minimum Gasteiger partial charge on any atom is -0.497 e. The summed E-state index contributed by atoms with van der Waals surface area (Å²) in [5.74, 6) is 0.384. The average Bonchev–Trinajstić information content (AvgIpc) is 2.52. The van der Waals surface area contributed by atoms with Crippen LogP contribution in [0.4, 0.5) is 0 Å². The number of Topliss-reactive ketones (excluding diaryl/α,β-unsaturated/α-hetero) is 1. The van der Waals surface area contributed by atoms with Crippen LogP contribution in [0, 0.1) is 18.3 Å². The Morgan fingerprint density at radius 2 is 1.90 bits per heavy atom. The lowest BCUT2D eigenvalue weighted by Gasteiger charge is -2.03. The second kappa shape index (κ2) is 6.53. The molecule has 104 valence electrons. The normalized spacial score (nSPS) is 10.8. The summed E-state index contributed by atoms with van der Waals surface area (Å²) in [6.07, 6.45) is 1.61. The molecule has 0 saturated heterocycles. The monoisotopic (exact) mass is 277 g/mol. The Bertz CT molecular complexity index is 722. The molecule has 0 bridgehead atoms. The number of hydrogen-bond acceptors (Lipinski definition) is 3. The van der Waals surface area contributed by atoms with Crippen molar-refractivity contribution in [2.75, 3.05) is 7.11 Å². The Hall–Kier alpha value is -2.86. The maximum atomic E-state index is 12.3. The number of methoxy groups -OCH3 is 1. The molecule has 0 fully saturated rings. The van der Waals surface area contributed by atoms with Crippen molar-refractivity contribution < 1.29 is 9.53 Å². The first kappa shape index (κ1) is 14.5. The smallest absolute Gasteiger partial charge is 0.203 e. The van der Waals surface area contributed by atoms with Crippen molar-refractivity contribution in [3.8, 4) is 11.8 Å². The highest BCUT2D eigenvalue weighted by atomic mass is 16.5. The number of nitrogens with zero attached hydrogens (tertiary/aromatic N) is 1. The third-order valence-corrected chi connectivity index (χ3v) is 3.07. The summed E-state index contributed by atoms with van der Waals surface area (Å²) in [4.78, 5) is 12.3. The van der Waals surface area contributed by atoms with Gasteiger partial charge in [0.15, 0.2) is 0 Å². The molecule has 0 saturated carbocycles. The zero-order valence-electron chi connectivity index (χ0n) is 12.0. The van der Waals surface area contributed by atoms with E-state index >= 15 is 0 Å². The second-order valence-electron chi connectivity index (χ2n) is 4.64. The van der Waals surface area contributed by atoms with Crippen LogP contribution < -0.4 is 4.74 Å². The first-order valence-corrected chi connectivity index (χ1v) is 6.51. The molecule has 0 atom stereocenters. The van der Waals surface area contributed by atoms with Gasteiger partial charge in [-0.05, 0) is 42.8 Å². The summed E-state index contributed by atoms with van der Waals surface area (Å²) in [6.45, 7) is 1.97. The minimum atomic E-state index is -0.290. The van der Waals surface area contributed by atoms with E-state index < -0.39 is 0 Å². The van der Waals surface area contributed by atoms with Gasteiger partial charge in [-0.1, -0.05) is 29.8 Å². The van der Waals surface area contributed by atoms with E-state index in [1.165, 1.54) is 0 Å². The van der Waals surface area contributed by atoms with E-state index in [1.54, 1.807) is 37.5 Å². The number of aryl methyl sites for hydroxylation is 1. The van der Waals surface area contributed by atoms with Crippen molar-refractivity contribution in [2.45, 2.75) is 6.92 Å². The Kier molecular flexibility index (Phi) is 4.53. The van der Waals surface area contributed by atoms with Crippen LogP contribution in [0.25, 0.3) is 6.08 Å². The van der Waals surface area contributed by atoms with Gasteiger partial charge < -0.3 is 4.74 Å². The summed E-state index contributed by atoms with van der Waals surface area (Å²) in [5.41, 5.74) is 2.51. The number of carbonyl (C=O) groups excluding carboxylic acids is 1. The van der Waals surface area contributed by atoms with E-state index in [9.17, 15) is 10.1 Å². The molecule has 0 aliphatic carbocycles. The summed E-state index contributed by atoms with van der Waals surface area (Å²) >= 11 is 0. The van der Waals surface area contributed by atoms with Gasteiger partial charge in [-0.2, -0.15) is 5.26 Å². The number of hydrogen-bond donors (Lipinski definition) is 0. The minimum absolute atomic E-state index is 0.116. The van der Waals surface area contributed by atoms with Gasteiger partial charge in [0.1, 0.15) is 17.4 Å². The molecule has 0 N–H and O–H groups in total. The fourth-order valence-electron chi connectivity index (χ4n) is 1.97. The van der Waals surface area contributed by atoms with Gasteiger partial charge in [0.05, 0.1) is 7.11 Å². The number of benzene rings is 2. The molecule has 21 heavy (non-hydrogen) atoms. The molecule has 0 amide bonds. The number of carbonyl (C=O) groups is 1. The van der Waals surface area contributed by atoms with Crippen LogP contribution in [0.3, 0.4) is 0 Å². The number of ether oxygens (including phenoxy) is 1. The maximum absolute atomic E-state index is 12.3. The molecular weight excluding hydrogens is 262 g/mol. The van der Waals surface area contributed by atoms with Gasteiger partial charge in [-0.25, -0.2) is 0 Å². The number of rotatable bonds is 4. The van der Waals surface area contributed by atoms with Crippen molar-refractivity contribution in [1.82, 2.24) is 0 Å². The molecule has 0 radical (unpaired) electrons. The predicted octanol–water partition coefficient (Wildman–Crippen LogP) is 3.79. The molecule has 2 aromatic carbocycles. The van der Waals surface area contributed by atoms with Crippen LogP contribution in [0.15, 0.2) is 54.1 Å². The molecule has 0 aliphatic heterocycles. The zero-order valence-corrected chi connectivity index (χ0v) is 12.0. The Balaban J connectivity index is 2.32. The van der Waals surface area contributed by atoms with Crippen LogP contribution >= 0.6 is 0 Å². The highest BCUT2D eigenvalue weighted by Crippen LogP contribution is 2.16. The summed E-state index contributed by atoms with van der Waals surface area (Å²) in [7, 11) is 1.56. The molecule has 0 heterocycles. The van der Waals surface area contributed by atoms with E-state index in [4.69, 9.17) is 4.74 Å². The van der Waals surface area contributed by atoms with E-state index in [2.05, 4.69) is 0 Å². The first-order chi connectivity index (χ1) is 10.1. The van der Waals surface area contributed by atoms with Crippen LogP contribution in [0.5, 0.6) is 5.75 Å². The fourth-order valence-corrected chi connectivity index (χ4v) is 1.97. The van der Waals surface area contributed by atoms with Crippen LogP contribution in [-0.2, 0) is 0 Å². The van der Waals surface area contributed by atoms with Gasteiger partial charge in [0.25, 0.3) is 0 Å². The lowest BCUT2D eigenvalue weighted by Crippen LogP contribution is -2.01. The van der Waals surface area contributed by atoms with Crippen molar-refractivity contribution >= 4 is 11.9 Å². The molecule has 3 heteroatoms. The average molecular weight is 277 g/mol. The lowest BCUT2D eigenvalue weighted by molar-refractivity contribution is 0.104. The van der Waals surface area contributed by atoms with Crippen molar-refractivity contribution in [3.63, 3.8) is 0 Å². The molecule has 0 aromatic heterocycles. The van der Waals surface area contributed by atoms with E-state index in [0.717, 1.165) is 11.1 Å². The van der Waals surface area contributed by atoms with Crippen molar-refractivity contribution in [2.24, 2.45) is 0 Å². The molecule has 3 nitrogen and oxygen atoms in total. The van der Waals surface area contributed by atoms with Gasteiger partial charge in [-0.15, -0.1) is 0 Å². The third-order valence-electron chi connectivity index (χ3n) is 3.07. The van der Waals surface area contributed by atoms with Gasteiger partial charge in [0.2, 0.25) is 5.78 Å². The molecule has 0 aliphatic rings. The van der Waals surface area contributed by atoms with E-state index in [1.807, 2.05) is 37.3 Å². The Morgan fingerprint density at radius 3 is 2.48 bits per heavy atom. The quantitative estimate of drug-likeness (QED) is 0.485. The standard InChI is InChI=1S/C18H15NO2/c1-13-4-3-5-14(10-13)11-16(12-19)18(20)15-6-8-17(21-2)9-7-15/h3-11H,1-2H3/b16-11+. The summed E-state index contributed by atoms with van der Waals surface area (Å²) in [5, 5.41) is 9.23. The Labute approximate surface area is 124 Å². The van der Waals surface area contributed by atoms with Crippen molar-refractivity contribution in [1.29, 1.82) is 5.26 Å². The van der Waals surface area contributed by atoms with Crippen molar-refractivity contribution in [3.05, 3.63) is 70.8 Å². The molecular formula is C18H15NO2. The summed E-state index contributed by atoms with van der Waals surface area (Å²) in [6, 6.07) is 16.4. The van der Waals surface area contributed by atoms with Gasteiger partial charge in [-0.3, -0.25) is 4.79 Å². The predicted molar refractivity (Wildman–Crippen MR) is 82.1 cm³/mol. The van der Waals surface area contributed by atoms with Gasteiger partial charge >= 0.3 is 0 Å². The largest absolute Gasteiger partial charge is 0.497 e. The maximum Gasteiger partial charge on any atom is 0.203 e. The topological polar surface area (TPSA) is 50.1 Å². The second-order valence-corrected chi connectivity index (χ2v) is 4.64. The molecule has 0 spiro atoms. The summed E-state index contributed by atoms with van der Waals surface area (Å²) < 4.78 is 5.05. The molecule has 2 rings (SSSR count). The van der Waals surface area contributed by atoms with E-state index in [-0.39, 0.29) is 11.4 Å². The highest BCUT2D eigenvalue weighted by Gasteiger charge is 2.12. The lowest BCUT2D eigenvalue weighted by atomic mass is 10.0. The number of nitriles is 1. The third kappa shape index (κ3) is 3.58. The fraction of sp³-hybridized carbons (Fsp3) is 0.111. The first-order valence-electron chi connectivity index (χ1n) is 6.51. The van der Waals surface area contributed by atoms with E-state index in [0.29, 0.717) is 11.3 Å². The molecule has 0 unspecified atom stereocenters. The molecule has 2 aromatic rings. The van der Waals surface area contributed by atoms with Crippen LogP contribution in [0.2, 0.25) is 0 Å². The highest BCUT2D eigenvalue weighted by molar-refractivity contribution is 6.14. The number of allylic oxidation sites excluding steroid dienone is 1. The Morgan fingerprint density at radius 1 is 1.19 bits per heavy atom. The van der Waals surface area contributed by atoms with Crippen LogP contribution in [-0.4, -0.2) is 12.9 Å². The SMILES string of the molecule is COc1ccc(C(=O)/C(C#N)=C/c2cccc(C)c2)cc1. The van der Waals surface area contributed by atoms with Crippen LogP contribution in [0.1, 0.15) is 21.5 Å². The van der Waals surface area contributed by atoms with Gasteiger partial charge in [0, 0.05) is 5.56 Å². The zero-order chi connectivity index (χ0) is 15.2. The number of ketones is 1.